The Hall–Kier alpha value is -5.22. The highest BCUT2D eigenvalue weighted by Gasteiger charge is 2.21. The highest BCUT2D eigenvalue weighted by atomic mass is 16.3. The van der Waals surface area contributed by atoms with E-state index in [2.05, 4.69) is 89.5 Å². The fourth-order valence-corrected chi connectivity index (χ4v) is 5.47. The van der Waals surface area contributed by atoms with Crippen LogP contribution < -0.4 is 0 Å². The summed E-state index contributed by atoms with van der Waals surface area (Å²) in [5.74, 6) is 0.804. The molecular formula is C34H21N3O. The van der Waals surface area contributed by atoms with Crippen LogP contribution in [0.1, 0.15) is 0 Å². The molecule has 3 aromatic heterocycles. The summed E-state index contributed by atoms with van der Waals surface area (Å²) in [5.41, 5.74) is 7.51. The third kappa shape index (κ3) is 3.10. The van der Waals surface area contributed by atoms with Gasteiger partial charge in [-0.05, 0) is 41.3 Å². The molecule has 0 fully saturated rings. The Labute approximate surface area is 218 Å². The van der Waals surface area contributed by atoms with E-state index >= 15 is 0 Å². The zero-order valence-electron chi connectivity index (χ0n) is 20.4. The van der Waals surface area contributed by atoms with Crippen LogP contribution in [0.15, 0.2) is 132 Å². The fraction of sp³-hybridized carbons (Fsp3) is 0. The number of hydrogen-bond acceptors (Lipinski definition) is 3. The maximum atomic E-state index is 6.66. The molecule has 178 valence electrons. The molecule has 0 aliphatic rings. The average molecular weight is 488 g/mol. The molecule has 0 radical (unpaired) electrons. The van der Waals surface area contributed by atoms with E-state index in [4.69, 9.17) is 14.4 Å². The van der Waals surface area contributed by atoms with E-state index in [1.54, 1.807) is 0 Å². The van der Waals surface area contributed by atoms with E-state index in [9.17, 15) is 0 Å². The number of pyridine rings is 1. The van der Waals surface area contributed by atoms with Crippen molar-refractivity contribution in [1.29, 1.82) is 0 Å². The highest BCUT2D eigenvalue weighted by Crippen LogP contribution is 2.40. The normalized spacial score (nSPS) is 11.7. The van der Waals surface area contributed by atoms with E-state index in [-0.39, 0.29) is 0 Å². The van der Waals surface area contributed by atoms with Gasteiger partial charge in [0.2, 0.25) is 0 Å². The predicted molar refractivity (Wildman–Crippen MR) is 155 cm³/mol. The van der Waals surface area contributed by atoms with Crippen molar-refractivity contribution in [2.75, 3.05) is 0 Å². The van der Waals surface area contributed by atoms with Gasteiger partial charge in [0.1, 0.15) is 11.2 Å². The molecule has 0 unspecified atom stereocenters. The van der Waals surface area contributed by atoms with Crippen LogP contribution in [-0.4, -0.2) is 14.5 Å². The third-order valence-electron chi connectivity index (χ3n) is 7.26. The van der Waals surface area contributed by atoms with Crippen molar-refractivity contribution in [3.8, 4) is 28.2 Å². The number of benzene rings is 5. The summed E-state index contributed by atoms with van der Waals surface area (Å²) in [6.45, 7) is 0. The zero-order chi connectivity index (χ0) is 25.1. The minimum absolute atomic E-state index is 0.696. The van der Waals surface area contributed by atoms with Crippen LogP contribution in [0.4, 0.5) is 0 Å². The smallest absolute Gasteiger partial charge is 0.178 e. The average Bonchev–Trinajstić information content (AvgIpc) is 3.56. The molecule has 0 bridgehead atoms. The molecule has 5 aromatic carbocycles. The van der Waals surface area contributed by atoms with Gasteiger partial charge in [-0.25, -0.2) is 9.97 Å². The van der Waals surface area contributed by atoms with Crippen LogP contribution in [0.25, 0.3) is 72.1 Å². The van der Waals surface area contributed by atoms with E-state index in [1.165, 1.54) is 0 Å². The van der Waals surface area contributed by atoms with Crippen molar-refractivity contribution in [1.82, 2.24) is 14.5 Å². The molecule has 4 heteroatoms. The van der Waals surface area contributed by atoms with Crippen LogP contribution in [0.2, 0.25) is 0 Å². The van der Waals surface area contributed by atoms with Crippen molar-refractivity contribution in [3.63, 3.8) is 0 Å². The van der Waals surface area contributed by atoms with Crippen LogP contribution in [-0.2, 0) is 0 Å². The topological polar surface area (TPSA) is 43.9 Å². The Morgan fingerprint density at radius 1 is 0.579 bits per heavy atom. The maximum absolute atomic E-state index is 6.66. The molecule has 38 heavy (non-hydrogen) atoms. The lowest BCUT2D eigenvalue weighted by Crippen LogP contribution is -1.97. The third-order valence-corrected chi connectivity index (χ3v) is 7.26. The molecule has 0 saturated carbocycles. The van der Waals surface area contributed by atoms with Crippen molar-refractivity contribution in [2.45, 2.75) is 0 Å². The monoisotopic (exact) mass is 487 g/mol. The van der Waals surface area contributed by atoms with Crippen molar-refractivity contribution in [2.24, 2.45) is 0 Å². The standard InChI is InChI=1S/C34H21N3O/c1-3-10-22(11-4-1)24-20-30-33(35-21-24)36-34(37(30)25-13-5-2-6-14-25)29-17-9-16-27-28-19-18-23-12-7-8-15-26(23)31(28)38-32(27)29/h1-21H. The molecule has 0 aliphatic carbocycles. The van der Waals surface area contributed by atoms with Crippen molar-refractivity contribution >= 4 is 43.9 Å². The lowest BCUT2D eigenvalue weighted by atomic mass is 10.0. The molecule has 0 N–H and O–H groups in total. The maximum Gasteiger partial charge on any atom is 0.178 e. The van der Waals surface area contributed by atoms with Crippen LogP contribution in [0.3, 0.4) is 0 Å². The summed E-state index contributed by atoms with van der Waals surface area (Å²) in [5, 5.41) is 4.45. The Morgan fingerprint density at radius 3 is 2.18 bits per heavy atom. The fourth-order valence-electron chi connectivity index (χ4n) is 5.47. The Bertz CT molecular complexity index is 2120. The predicted octanol–water partition coefficient (Wildman–Crippen LogP) is 8.81. The molecule has 0 spiro atoms. The summed E-state index contributed by atoms with van der Waals surface area (Å²) in [4.78, 5) is 9.86. The summed E-state index contributed by atoms with van der Waals surface area (Å²) in [6.07, 6.45) is 1.90. The lowest BCUT2D eigenvalue weighted by Gasteiger charge is -2.10. The first-order valence-electron chi connectivity index (χ1n) is 12.7. The molecule has 0 saturated heterocycles. The van der Waals surface area contributed by atoms with E-state index < -0.39 is 0 Å². The van der Waals surface area contributed by atoms with Gasteiger partial charge in [0.25, 0.3) is 0 Å². The molecule has 8 rings (SSSR count). The Morgan fingerprint density at radius 2 is 1.32 bits per heavy atom. The summed E-state index contributed by atoms with van der Waals surface area (Å²) in [6, 6.07) is 41.8. The Kier molecular flexibility index (Phi) is 4.49. The van der Waals surface area contributed by atoms with E-state index in [0.717, 1.165) is 66.4 Å². The van der Waals surface area contributed by atoms with E-state index in [1.807, 2.05) is 42.6 Å². The SMILES string of the molecule is c1ccc(-c2cnc3nc(-c4cccc5c4oc4c6ccccc6ccc54)n(-c4ccccc4)c3c2)cc1. The quantitative estimate of drug-likeness (QED) is 0.250. The zero-order valence-corrected chi connectivity index (χ0v) is 20.4. The first-order chi connectivity index (χ1) is 18.8. The minimum Gasteiger partial charge on any atom is -0.455 e. The second kappa shape index (κ2) is 8.15. The lowest BCUT2D eigenvalue weighted by molar-refractivity contribution is 0.673. The molecule has 0 atom stereocenters. The van der Waals surface area contributed by atoms with Crippen LogP contribution in [0.5, 0.6) is 0 Å². The summed E-state index contributed by atoms with van der Waals surface area (Å²) >= 11 is 0. The second-order valence-corrected chi connectivity index (χ2v) is 9.49. The largest absolute Gasteiger partial charge is 0.455 e. The van der Waals surface area contributed by atoms with Crippen molar-refractivity contribution in [3.05, 3.63) is 128 Å². The number of fused-ring (bicyclic) bond motifs is 6. The van der Waals surface area contributed by atoms with Gasteiger partial charge in [-0.2, -0.15) is 0 Å². The molecule has 8 aromatic rings. The summed E-state index contributed by atoms with van der Waals surface area (Å²) in [7, 11) is 0. The summed E-state index contributed by atoms with van der Waals surface area (Å²) < 4.78 is 8.85. The number of hydrogen-bond donors (Lipinski definition) is 0. The van der Waals surface area contributed by atoms with Gasteiger partial charge in [-0.1, -0.05) is 91.0 Å². The highest BCUT2D eigenvalue weighted by molar-refractivity contribution is 6.17. The van der Waals surface area contributed by atoms with Gasteiger partial charge in [-0.15, -0.1) is 0 Å². The number of imidazole rings is 1. The minimum atomic E-state index is 0.696. The van der Waals surface area contributed by atoms with Crippen molar-refractivity contribution < 1.29 is 4.42 Å². The van der Waals surface area contributed by atoms with Gasteiger partial charge in [0, 0.05) is 33.6 Å². The molecular weight excluding hydrogens is 466 g/mol. The van der Waals surface area contributed by atoms with Gasteiger partial charge < -0.3 is 4.42 Å². The molecule has 4 nitrogen and oxygen atoms in total. The number of nitrogens with zero attached hydrogens (tertiary/aromatic N) is 3. The first-order valence-corrected chi connectivity index (χ1v) is 12.7. The number of rotatable bonds is 3. The number of aromatic nitrogens is 3. The number of para-hydroxylation sites is 2. The van der Waals surface area contributed by atoms with Gasteiger partial charge in [-0.3, -0.25) is 4.57 Å². The Balaban J connectivity index is 1.45. The van der Waals surface area contributed by atoms with Gasteiger partial charge >= 0.3 is 0 Å². The molecule has 0 aliphatic heterocycles. The van der Waals surface area contributed by atoms with Gasteiger partial charge in [0.15, 0.2) is 11.5 Å². The van der Waals surface area contributed by atoms with Gasteiger partial charge in [0.05, 0.1) is 11.1 Å². The second-order valence-electron chi connectivity index (χ2n) is 9.49. The molecule has 0 amide bonds. The van der Waals surface area contributed by atoms with Crippen LogP contribution in [0, 0.1) is 0 Å². The number of furan rings is 1. The van der Waals surface area contributed by atoms with Crippen LogP contribution >= 0.6 is 0 Å². The van der Waals surface area contributed by atoms with E-state index in [0.29, 0.717) is 5.65 Å². The molecule has 3 heterocycles. The first kappa shape index (κ1) is 20.9.